The van der Waals surface area contributed by atoms with Crippen LogP contribution in [0.3, 0.4) is 0 Å². The minimum atomic E-state index is 0.773. The maximum absolute atomic E-state index is 6.17. The normalized spacial score (nSPS) is 14.6. The number of nitrogens with one attached hydrogen (secondary N) is 1. The highest BCUT2D eigenvalue weighted by Crippen LogP contribution is 2.29. The van der Waals surface area contributed by atoms with E-state index < -0.39 is 0 Å². The van der Waals surface area contributed by atoms with Crippen LogP contribution in [0.5, 0.6) is 0 Å². The van der Waals surface area contributed by atoms with Crippen LogP contribution in [0.2, 0.25) is 0 Å². The minimum Gasteiger partial charge on any atom is -0.397 e. The van der Waals surface area contributed by atoms with Gasteiger partial charge in [-0.15, -0.1) is 0 Å². The molecule has 0 bridgehead atoms. The number of anilines is 2. The van der Waals surface area contributed by atoms with Gasteiger partial charge in [0, 0.05) is 31.3 Å². The molecule has 106 valence electrons. The molecule has 1 aromatic heterocycles. The first-order chi connectivity index (χ1) is 9.84. The SMILES string of the molecule is Nc1c(NCCCOCC2CC2)ccc2ncccc12. The molecule has 0 aliphatic heterocycles. The molecule has 4 nitrogen and oxygen atoms in total. The van der Waals surface area contributed by atoms with Crippen LogP contribution in [-0.4, -0.2) is 24.7 Å². The second-order valence-electron chi connectivity index (χ2n) is 5.40. The van der Waals surface area contributed by atoms with Crippen molar-refractivity contribution in [3.05, 3.63) is 30.5 Å². The molecule has 1 heterocycles. The first-order valence-electron chi connectivity index (χ1n) is 7.29. The third kappa shape index (κ3) is 3.20. The van der Waals surface area contributed by atoms with E-state index in [2.05, 4.69) is 10.3 Å². The number of nitrogens with two attached hydrogens (primary N) is 1. The Morgan fingerprint density at radius 2 is 2.20 bits per heavy atom. The lowest BCUT2D eigenvalue weighted by Gasteiger charge is -2.11. The van der Waals surface area contributed by atoms with E-state index in [0.717, 1.165) is 54.4 Å². The van der Waals surface area contributed by atoms with Crippen molar-refractivity contribution >= 4 is 22.3 Å². The Balaban J connectivity index is 1.50. The van der Waals surface area contributed by atoms with E-state index in [1.54, 1.807) is 6.20 Å². The van der Waals surface area contributed by atoms with Gasteiger partial charge in [-0.05, 0) is 49.4 Å². The first-order valence-corrected chi connectivity index (χ1v) is 7.29. The number of pyridine rings is 1. The van der Waals surface area contributed by atoms with Gasteiger partial charge in [-0.3, -0.25) is 4.98 Å². The summed E-state index contributed by atoms with van der Waals surface area (Å²) in [5, 5.41) is 4.38. The van der Waals surface area contributed by atoms with Crippen LogP contribution < -0.4 is 11.1 Å². The van der Waals surface area contributed by atoms with Gasteiger partial charge in [0.05, 0.1) is 16.9 Å². The molecule has 0 amide bonds. The Morgan fingerprint density at radius 1 is 1.30 bits per heavy atom. The molecular formula is C16H21N3O. The molecule has 1 aromatic carbocycles. The van der Waals surface area contributed by atoms with E-state index in [0.29, 0.717) is 0 Å². The lowest BCUT2D eigenvalue weighted by Crippen LogP contribution is -2.08. The molecule has 0 spiro atoms. The molecule has 4 heteroatoms. The lowest BCUT2D eigenvalue weighted by atomic mass is 10.1. The molecule has 0 saturated heterocycles. The van der Waals surface area contributed by atoms with Crippen molar-refractivity contribution in [3.8, 4) is 0 Å². The van der Waals surface area contributed by atoms with Crippen LogP contribution >= 0.6 is 0 Å². The molecule has 0 radical (unpaired) electrons. The Hall–Kier alpha value is -1.81. The summed E-state index contributed by atoms with van der Waals surface area (Å²) in [7, 11) is 0. The average Bonchev–Trinajstić information content (AvgIpc) is 3.29. The van der Waals surface area contributed by atoms with Crippen molar-refractivity contribution < 1.29 is 4.74 Å². The third-order valence-corrected chi connectivity index (χ3v) is 3.66. The fourth-order valence-electron chi connectivity index (χ4n) is 2.26. The monoisotopic (exact) mass is 271 g/mol. The highest BCUT2D eigenvalue weighted by molar-refractivity contribution is 5.96. The van der Waals surface area contributed by atoms with Gasteiger partial charge in [0.15, 0.2) is 0 Å². The standard InChI is InChI=1S/C16H21N3O/c17-16-13-3-1-8-18-14(13)6-7-15(16)19-9-2-10-20-11-12-4-5-12/h1,3,6-8,12,19H,2,4-5,9-11,17H2. The average molecular weight is 271 g/mol. The quantitative estimate of drug-likeness (QED) is 0.600. The topological polar surface area (TPSA) is 60.2 Å². The van der Waals surface area contributed by atoms with Crippen molar-refractivity contribution in [2.24, 2.45) is 5.92 Å². The second-order valence-corrected chi connectivity index (χ2v) is 5.40. The van der Waals surface area contributed by atoms with Crippen LogP contribution in [0, 0.1) is 5.92 Å². The van der Waals surface area contributed by atoms with Crippen LogP contribution in [0.15, 0.2) is 30.5 Å². The van der Waals surface area contributed by atoms with Crippen molar-refractivity contribution in [1.29, 1.82) is 0 Å². The lowest BCUT2D eigenvalue weighted by molar-refractivity contribution is 0.124. The van der Waals surface area contributed by atoms with E-state index in [4.69, 9.17) is 10.5 Å². The molecule has 1 fully saturated rings. The van der Waals surface area contributed by atoms with E-state index in [1.807, 2.05) is 24.3 Å². The number of ether oxygens (including phenoxy) is 1. The second kappa shape index (κ2) is 6.09. The molecule has 3 N–H and O–H groups in total. The Bertz CT molecular complexity index is 581. The maximum Gasteiger partial charge on any atom is 0.0724 e. The fourth-order valence-corrected chi connectivity index (χ4v) is 2.26. The van der Waals surface area contributed by atoms with E-state index in [9.17, 15) is 0 Å². The Kier molecular flexibility index (Phi) is 4.02. The summed E-state index contributed by atoms with van der Waals surface area (Å²) in [6, 6.07) is 7.91. The van der Waals surface area contributed by atoms with E-state index in [-0.39, 0.29) is 0 Å². The number of benzene rings is 1. The minimum absolute atomic E-state index is 0.773. The number of aromatic nitrogens is 1. The Labute approximate surface area is 119 Å². The molecule has 1 aliphatic rings. The van der Waals surface area contributed by atoms with Gasteiger partial charge in [-0.2, -0.15) is 0 Å². The third-order valence-electron chi connectivity index (χ3n) is 3.66. The molecule has 1 aliphatic carbocycles. The first kappa shape index (κ1) is 13.2. The number of nitrogens with zero attached hydrogens (tertiary/aromatic N) is 1. The fraction of sp³-hybridized carbons (Fsp3) is 0.438. The molecule has 20 heavy (non-hydrogen) atoms. The van der Waals surface area contributed by atoms with Gasteiger partial charge in [-0.1, -0.05) is 0 Å². The van der Waals surface area contributed by atoms with Crippen LogP contribution in [0.25, 0.3) is 10.9 Å². The van der Waals surface area contributed by atoms with Crippen molar-refractivity contribution in [3.63, 3.8) is 0 Å². The molecule has 1 saturated carbocycles. The largest absolute Gasteiger partial charge is 0.397 e. The van der Waals surface area contributed by atoms with Crippen LogP contribution in [0.1, 0.15) is 19.3 Å². The van der Waals surface area contributed by atoms with Crippen LogP contribution in [-0.2, 0) is 4.74 Å². The zero-order valence-electron chi connectivity index (χ0n) is 11.6. The number of fused-ring (bicyclic) bond motifs is 1. The molecule has 2 aromatic rings. The summed E-state index contributed by atoms with van der Waals surface area (Å²) in [5.41, 5.74) is 8.86. The summed E-state index contributed by atoms with van der Waals surface area (Å²) in [6.07, 6.45) is 5.48. The van der Waals surface area contributed by atoms with Crippen molar-refractivity contribution in [1.82, 2.24) is 4.98 Å². The van der Waals surface area contributed by atoms with Gasteiger partial charge < -0.3 is 15.8 Å². The Morgan fingerprint density at radius 3 is 3.05 bits per heavy atom. The summed E-state index contributed by atoms with van der Waals surface area (Å²) in [5.74, 6) is 0.839. The zero-order chi connectivity index (χ0) is 13.8. The predicted octanol–water partition coefficient (Wildman–Crippen LogP) is 3.05. The summed E-state index contributed by atoms with van der Waals surface area (Å²) in [4.78, 5) is 4.30. The van der Waals surface area contributed by atoms with Gasteiger partial charge in [-0.25, -0.2) is 0 Å². The summed E-state index contributed by atoms with van der Waals surface area (Å²) in [6.45, 7) is 2.63. The zero-order valence-corrected chi connectivity index (χ0v) is 11.6. The number of rotatable bonds is 7. The summed E-state index contributed by atoms with van der Waals surface area (Å²) < 4.78 is 5.61. The molecular weight excluding hydrogens is 250 g/mol. The molecule has 0 unspecified atom stereocenters. The van der Waals surface area contributed by atoms with Crippen molar-refractivity contribution in [2.75, 3.05) is 30.8 Å². The summed E-state index contributed by atoms with van der Waals surface area (Å²) >= 11 is 0. The van der Waals surface area contributed by atoms with Gasteiger partial charge >= 0.3 is 0 Å². The highest BCUT2D eigenvalue weighted by Gasteiger charge is 2.20. The smallest absolute Gasteiger partial charge is 0.0724 e. The molecule has 0 atom stereocenters. The van der Waals surface area contributed by atoms with Gasteiger partial charge in [0.2, 0.25) is 0 Å². The maximum atomic E-state index is 6.17. The van der Waals surface area contributed by atoms with Gasteiger partial charge in [0.1, 0.15) is 0 Å². The number of nitrogen functional groups attached to an aromatic ring is 1. The number of hydrogen-bond donors (Lipinski definition) is 2. The van der Waals surface area contributed by atoms with E-state index in [1.165, 1.54) is 12.8 Å². The highest BCUT2D eigenvalue weighted by atomic mass is 16.5. The van der Waals surface area contributed by atoms with Crippen LogP contribution in [0.4, 0.5) is 11.4 Å². The van der Waals surface area contributed by atoms with Gasteiger partial charge in [0.25, 0.3) is 0 Å². The van der Waals surface area contributed by atoms with Crippen molar-refractivity contribution in [2.45, 2.75) is 19.3 Å². The molecule has 3 rings (SSSR count). The van der Waals surface area contributed by atoms with E-state index >= 15 is 0 Å². The predicted molar refractivity (Wildman–Crippen MR) is 82.8 cm³/mol. The number of hydrogen-bond acceptors (Lipinski definition) is 4.